The average Bonchev–Trinajstić information content (AvgIpc) is 3.11. The van der Waals surface area contributed by atoms with Crippen molar-refractivity contribution in [3.8, 4) is 0 Å². The van der Waals surface area contributed by atoms with Crippen LogP contribution in [0.3, 0.4) is 0 Å². The second kappa shape index (κ2) is 6.58. The highest BCUT2D eigenvalue weighted by molar-refractivity contribution is 5.90. The summed E-state index contributed by atoms with van der Waals surface area (Å²) in [6.45, 7) is 6.37. The van der Waals surface area contributed by atoms with Gasteiger partial charge in [-0.15, -0.1) is 0 Å². The van der Waals surface area contributed by atoms with Crippen LogP contribution >= 0.6 is 0 Å². The van der Waals surface area contributed by atoms with Crippen molar-refractivity contribution in [1.82, 2.24) is 15.0 Å². The molecule has 21 heavy (non-hydrogen) atoms. The van der Waals surface area contributed by atoms with Gasteiger partial charge >= 0.3 is 0 Å². The fraction of sp³-hybridized carbons (Fsp3) is 0.733. The third kappa shape index (κ3) is 3.83. The number of aromatic nitrogens is 1. The Kier molecular flexibility index (Phi) is 4.55. The molecule has 2 aliphatic rings. The average molecular weight is 292 g/mol. The first-order chi connectivity index (χ1) is 10.2. The van der Waals surface area contributed by atoms with Crippen LogP contribution in [0.2, 0.25) is 0 Å². The Morgan fingerprint density at radius 2 is 2.05 bits per heavy atom. The third-order valence-electron chi connectivity index (χ3n) is 4.51. The number of amides is 1. The molecule has 3 rings (SSSR count). The van der Waals surface area contributed by atoms with E-state index in [1.807, 2.05) is 6.92 Å². The molecule has 6 heteroatoms. The van der Waals surface area contributed by atoms with Crippen LogP contribution in [0.15, 0.2) is 10.6 Å². The second-order valence-corrected chi connectivity index (χ2v) is 6.13. The summed E-state index contributed by atoms with van der Waals surface area (Å²) < 4.78 is 5.00. The number of aryl methyl sites for hydroxylation is 1. The molecule has 1 aliphatic carbocycles. The van der Waals surface area contributed by atoms with Gasteiger partial charge in [-0.3, -0.25) is 19.9 Å². The number of rotatable bonds is 4. The molecule has 0 bridgehead atoms. The van der Waals surface area contributed by atoms with Gasteiger partial charge in [-0.2, -0.15) is 0 Å². The fourth-order valence-corrected chi connectivity index (χ4v) is 3.36. The molecule has 116 valence electrons. The van der Waals surface area contributed by atoms with Crippen molar-refractivity contribution in [3.05, 3.63) is 11.8 Å². The van der Waals surface area contributed by atoms with Crippen LogP contribution in [0.25, 0.3) is 0 Å². The predicted molar refractivity (Wildman–Crippen MR) is 80.1 cm³/mol. The van der Waals surface area contributed by atoms with Gasteiger partial charge in [0.15, 0.2) is 0 Å². The molecule has 1 amide bonds. The maximum Gasteiger partial charge on any atom is 0.240 e. The van der Waals surface area contributed by atoms with Gasteiger partial charge in [0, 0.05) is 38.3 Å². The quantitative estimate of drug-likeness (QED) is 0.911. The summed E-state index contributed by atoms with van der Waals surface area (Å²) in [5, 5.41) is 6.51. The van der Waals surface area contributed by atoms with E-state index in [1.54, 1.807) is 6.07 Å². The zero-order chi connectivity index (χ0) is 14.7. The molecule has 0 unspecified atom stereocenters. The van der Waals surface area contributed by atoms with Gasteiger partial charge in [0.2, 0.25) is 11.8 Å². The number of hydrogen-bond donors (Lipinski definition) is 1. The molecule has 1 saturated carbocycles. The molecular weight excluding hydrogens is 268 g/mol. The minimum Gasteiger partial charge on any atom is -0.338 e. The van der Waals surface area contributed by atoms with Crippen LogP contribution in [0.5, 0.6) is 0 Å². The fourth-order valence-electron chi connectivity index (χ4n) is 3.36. The lowest BCUT2D eigenvalue weighted by Gasteiger charge is -2.37. The summed E-state index contributed by atoms with van der Waals surface area (Å²) in [6.07, 6.45) is 5.46. The van der Waals surface area contributed by atoms with Crippen molar-refractivity contribution in [3.63, 3.8) is 0 Å². The molecule has 0 atom stereocenters. The number of carbonyl (C=O) groups is 1. The van der Waals surface area contributed by atoms with E-state index in [2.05, 4.69) is 20.3 Å². The van der Waals surface area contributed by atoms with Crippen LogP contribution in [0.4, 0.5) is 5.88 Å². The van der Waals surface area contributed by atoms with E-state index in [0.29, 0.717) is 12.4 Å². The molecular formula is C15H24N4O2. The molecule has 1 saturated heterocycles. The van der Waals surface area contributed by atoms with E-state index in [1.165, 1.54) is 25.7 Å². The Morgan fingerprint density at radius 3 is 2.67 bits per heavy atom. The van der Waals surface area contributed by atoms with Crippen LogP contribution < -0.4 is 5.32 Å². The van der Waals surface area contributed by atoms with E-state index in [4.69, 9.17) is 4.52 Å². The monoisotopic (exact) mass is 292 g/mol. The normalized spacial score (nSPS) is 21.8. The summed E-state index contributed by atoms with van der Waals surface area (Å²) in [6, 6.07) is 2.52. The Balaban J connectivity index is 1.41. The number of nitrogens with zero attached hydrogens (tertiary/aromatic N) is 3. The SMILES string of the molecule is Cc1cc(NC(=O)CN2CCN(C3CCCC3)CC2)on1. The van der Waals surface area contributed by atoms with E-state index in [0.717, 1.165) is 37.9 Å². The minimum absolute atomic E-state index is 0.0273. The zero-order valence-corrected chi connectivity index (χ0v) is 12.7. The summed E-state index contributed by atoms with van der Waals surface area (Å²) in [4.78, 5) is 16.8. The van der Waals surface area contributed by atoms with Crippen LogP contribution in [0.1, 0.15) is 31.4 Å². The van der Waals surface area contributed by atoms with Crippen molar-refractivity contribution in [1.29, 1.82) is 0 Å². The first kappa shape index (κ1) is 14.5. The highest BCUT2D eigenvalue weighted by Gasteiger charge is 2.26. The van der Waals surface area contributed by atoms with E-state index in [-0.39, 0.29) is 5.91 Å². The number of piperazine rings is 1. The van der Waals surface area contributed by atoms with Crippen molar-refractivity contribution in [2.75, 3.05) is 38.0 Å². The molecule has 2 fully saturated rings. The summed E-state index contributed by atoms with van der Waals surface area (Å²) >= 11 is 0. The number of carbonyl (C=O) groups excluding carboxylic acids is 1. The number of hydrogen-bond acceptors (Lipinski definition) is 5. The maximum absolute atomic E-state index is 12.0. The molecule has 0 aromatic carbocycles. The van der Waals surface area contributed by atoms with Crippen molar-refractivity contribution < 1.29 is 9.32 Å². The Bertz CT molecular complexity index is 474. The highest BCUT2D eigenvalue weighted by Crippen LogP contribution is 2.24. The van der Waals surface area contributed by atoms with Gasteiger partial charge in [0.1, 0.15) is 0 Å². The lowest BCUT2D eigenvalue weighted by atomic mass is 10.2. The first-order valence-electron chi connectivity index (χ1n) is 7.90. The second-order valence-electron chi connectivity index (χ2n) is 6.13. The zero-order valence-electron chi connectivity index (χ0n) is 12.7. The predicted octanol–water partition coefficient (Wildman–Crippen LogP) is 1.48. The largest absolute Gasteiger partial charge is 0.338 e. The maximum atomic E-state index is 12.0. The Morgan fingerprint density at radius 1 is 1.33 bits per heavy atom. The van der Waals surface area contributed by atoms with E-state index >= 15 is 0 Å². The van der Waals surface area contributed by atoms with Gasteiger partial charge < -0.3 is 4.52 Å². The van der Waals surface area contributed by atoms with Crippen LogP contribution in [-0.2, 0) is 4.79 Å². The minimum atomic E-state index is -0.0273. The van der Waals surface area contributed by atoms with Gasteiger partial charge in [-0.05, 0) is 19.8 Å². The molecule has 0 spiro atoms. The van der Waals surface area contributed by atoms with Gasteiger partial charge in [0.25, 0.3) is 0 Å². The topological polar surface area (TPSA) is 61.6 Å². The molecule has 0 radical (unpaired) electrons. The molecule has 6 nitrogen and oxygen atoms in total. The third-order valence-corrected chi connectivity index (χ3v) is 4.51. The van der Waals surface area contributed by atoms with E-state index in [9.17, 15) is 4.79 Å². The van der Waals surface area contributed by atoms with Crippen LogP contribution in [-0.4, -0.2) is 59.6 Å². The lowest BCUT2D eigenvalue weighted by molar-refractivity contribution is -0.117. The van der Waals surface area contributed by atoms with Crippen molar-refractivity contribution in [2.24, 2.45) is 0 Å². The van der Waals surface area contributed by atoms with Gasteiger partial charge in [-0.25, -0.2) is 0 Å². The van der Waals surface area contributed by atoms with E-state index < -0.39 is 0 Å². The molecule has 1 N–H and O–H groups in total. The lowest BCUT2D eigenvalue weighted by Crippen LogP contribution is -2.51. The summed E-state index contributed by atoms with van der Waals surface area (Å²) in [7, 11) is 0. The van der Waals surface area contributed by atoms with Gasteiger partial charge in [-0.1, -0.05) is 18.0 Å². The number of anilines is 1. The molecule has 1 aromatic rings. The standard InChI is InChI=1S/C15H24N4O2/c1-12-10-15(21-17-12)16-14(20)11-18-6-8-19(9-7-18)13-4-2-3-5-13/h10,13H,2-9,11H2,1H3,(H,16,20). The molecule has 1 aromatic heterocycles. The van der Waals surface area contributed by atoms with Crippen molar-refractivity contribution in [2.45, 2.75) is 38.6 Å². The number of nitrogens with one attached hydrogen (secondary N) is 1. The molecule has 1 aliphatic heterocycles. The van der Waals surface area contributed by atoms with Crippen LogP contribution in [0, 0.1) is 6.92 Å². The summed E-state index contributed by atoms with van der Waals surface area (Å²) in [5.74, 6) is 0.405. The van der Waals surface area contributed by atoms with Crippen molar-refractivity contribution >= 4 is 11.8 Å². The molecule has 2 heterocycles. The smallest absolute Gasteiger partial charge is 0.240 e. The Labute approximate surface area is 125 Å². The summed E-state index contributed by atoms with van der Waals surface area (Å²) in [5.41, 5.74) is 0.774. The Hall–Kier alpha value is -1.40. The first-order valence-corrected chi connectivity index (χ1v) is 7.90. The highest BCUT2D eigenvalue weighted by atomic mass is 16.5. The van der Waals surface area contributed by atoms with Gasteiger partial charge in [0.05, 0.1) is 12.2 Å².